The van der Waals surface area contributed by atoms with E-state index in [1.165, 1.54) is 0 Å². The van der Waals surface area contributed by atoms with E-state index in [9.17, 15) is 20.3 Å². The van der Waals surface area contributed by atoms with E-state index in [2.05, 4.69) is 10.4 Å². The molecule has 0 radical (unpaired) electrons. The van der Waals surface area contributed by atoms with Crippen LogP contribution in [-0.2, 0) is 19.9 Å². The van der Waals surface area contributed by atoms with Gasteiger partial charge < -0.3 is 30.8 Å². The van der Waals surface area contributed by atoms with Crippen LogP contribution in [0.15, 0.2) is 17.1 Å². The van der Waals surface area contributed by atoms with E-state index in [0.29, 0.717) is 18.5 Å². The molecule has 1 unspecified atom stereocenters. The van der Waals surface area contributed by atoms with Gasteiger partial charge >= 0.3 is 5.97 Å². The first-order valence-corrected chi connectivity index (χ1v) is 10.7. The summed E-state index contributed by atoms with van der Waals surface area (Å²) in [4.78, 5) is 16.7. The molecule has 0 bridgehead atoms. The van der Waals surface area contributed by atoms with Crippen LogP contribution < -0.4 is 11.2 Å². The molecule has 1 aromatic heterocycles. The number of nitrogens with one attached hydrogen (secondary N) is 1. The number of nitrogens with two attached hydrogens (primary N) is 1. The molecule has 1 fully saturated rings. The van der Waals surface area contributed by atoms with Crippen LogP contribution >= 0.6 is 0 Å². The second-order valence-corrected chi connectivity index (χ2v) is 8.10. The highest BCUT2D eigenvalue weighted by Gasteiger charge is 2.58. The zero-order chi connectivity index (χ0) is 22.8. The molecule has 3 rings (SSSR count). The van der Waals surface area contributed by atoms with Gasteiger partial charge in [0.25, 0.3) is 0 Å². The van der Waals surface area contributed by atoms with Gasteiger partial charge in [-0.2, -0.15) is 5.26 Å². The highest BCUT2D eigenvalue weighted by Crippen LogP contribution is 2.40. The molecule has 10 nitrogen and oxygen atoms in total. The predicted octanol–water partition coefficient (Wildman–Crippen LogP) is 0.696. The van der Waals surface area contributed by atoms with Crippen LogP contribution in [0.5, 0.6) is 0 Å². The van der Waals surface area contributed by atoms with Gasteiger partial charge in [0.2, 0.25) is 5.60 Å². The van der Waals surface area contributed by atoms with Gasteiger partial charge in [-0.05, 0) is 31.9 Å². The molecule has 10 heteroatoms. The molecule has 31 heavy (non-hydrogen) atoms. The van der Waals surface area contributed by atoms with Crippen molar-refractivity contribution in [1.82, 2.24) is 4.68 Å². The lowest BCUT2D eigenvalue weighted by Gasteiger charge is -2.30. The fraction of sp³-hybridized carbons (Fsp3) is 0.667. The van der Waals surface area contributed by atoms with E-state index >= 15 is 0 Å². The number of aliphatic imine (C=N–C) groups is 1. The van der Waals surface area contributed by atoms with Crippen LogP contribution in [0.4, 0.5) is 0 Å². The van der Waals surface area contributed by atoms with Crippen molar-refractivity contribution >= 4 is 11.8 Å². The molecule has 0 spiro atoms. The van der Waals surface area contributed by atoms with E-state index in [0.717, 1.165) is 12.8 Å². The van der Waals surface area contributed by atoms with Crippen molar-refractivity contribution in [3.8, 4) is 6.07 Å². The smallest absolute Gasteiger partial charge is 0.309 e. The summed E-state index contributed by atoms with van der Waals surface area (Å²) in [6.07, 6.45) is -1.24. The van der Waals surface area contributed by atoms with E-state index in [1.807, 2.05) is 19.9 Å². The molecular weight excluding hydrogens is 402 g/mol. The Morgan fingerprint density at radius 2 is 2.10 bits per heavy atom. The molecule has 0 saturated carbocycles. The molecule has 1 aromatic rings. The van der Waals surface area contributed by atoms with Gasteiger partial charge in [0.1, 0.15) is 48.7 Å². The van der Waals surface area contributed by atoms with Crippen molar-refractivity contribution in [3.63, 3.8) is 0 Å². The van der Waals surface area contributed by atoms with Crippen molar-refractivity contribution in [2.45, 2.75) is 76.5 Å². The van der Waals surface area contributed by atoms with Gasteiger partial charge in [0.05, 0.1) is 11.6 Å². The van der Waals surface area contributed by atoms with E-state index in [1.54, 1.807) is 23.7 Å². The van der Waals surface area contributed by atoms with Crippen molar-refractivity contribution in [1.29, 1.82) is 5.26 Å². The summed E-state index contributed by atoms with van der Waals surface area (Å²) in [5, 5.41) is 31.4. The lowest BCUT2D eigenvalue weighted by atomic mass is 9.92. The maximum atomic E-state index is 12.5. The van der Waals surface area contributed by atoms with Gasteiger partial charge in [0, 0.05) is 0 Å². The van der Waals surface area contributed by atoms with Crippen LogP contribution in [0.25, 0.3) is 0 Å². The second kappa shape index (κ2) is 9.26. The molecule has 1 saturated heterocycles. The molecule has 5 atom stereocenters. The van der Waals surface area contributed by atoms with Gasteiger partial charge in [-0.25, -0.2) is 4.99 Å². The summed E-state index contributed by atoms with van der Waals surface area (Å²) in [6, 6.07) is 5.25. The lowest BCUT2D eigenvalue weighted by molar-refractivity contribution is -0.156. The third-order valence-electron chi connectivity index (χ3n) is 5.79. The zero-order valence-electron chi connectivity index (χ0n) is 18.1. The third kappa shape index (κ3) is 4.13. The number of hydrogen-bond donors (Lipinski definition) is 4. The number of fused-ring (bicyclic) bond motifs is 1. The average Bonchev–Trinajstić information content (AvgIpc) is 3.27. The zero-order valence-corrected chi connectivity index (χ0v) is 18.1. The number of aliphatic hydroxyl groups is 2. The summed E-state index contributed by atoms with van der Waals surface area (Å²) < 4.78 is 12.8. The third-order valence-corrected chi connectivity index (χ3v) is 5.79. The Balaban J connectivity index is 1.80. The topological polar surface area (TPSA) is 155 Å². The number of esters is 1. The van der Waals surface area contributed by atoms with Gasteiger partial charge in [-0.3, -0.25) is 9.47 Å². The molecular formula is C21H31N5O5. The predicted molar refractivity (Wildman–Crippen MR) is 112 cm³/mol. The Morgan fingerprint density at radius 1 is 1.42 bits per heavy atom. The molecule has 2 aliphatic rings. The number of aromatic nitrogens is 1. The molecule has 0 amide bonds. The van der Waals surface area contributed by atoms with Crippen LogP contribution in [-0.4, -0.2) is 57.8 Å². The molecule has 2 aliphatic heterocycles. The Morgan fingerprint density at radius 3 is 2.71 bits per heavy atom. The first-order valence-electron chi connectivity index (χ1n) is 10.7. The lowest BCUT2D eigenvalue weighted by Crippen LogP contribution is -2.45. The summed E-state index contributed by atoms with van der Waals surface area (Å²) in [5.74, 6) is -0.297. The molecule has 3 heterocycles. The van der Waals surface area contributed by atoms with Crippen molar-refractivity contribution in [2.24, 2.45) is 16.6 Å². The van der Waals surface area contributed by atoms with Crippen LogP contribution in [0.1, 0.15) is 57.8 Å². The van der Waals surface area contributed by atoms with Crippen LogP contribution in [0.3, 0.4) is 0 Å². The van der Waals surface area contributed by atoms with Crippen LogP contribution in [0, 0.1) is 17.2 Å². The Kier molecular flexibility index (Phi) is 6.89. The maximum Gasteiger partial charge on any atom is 0.309 e. The van der Waals surface area contributed by atoms with Crippen LogP contribution in [0.2, 0.25) is 0 Å². The first kappa shape index (κ1) is 23.1. The number of ether oxygens (including phenoxy) is 2. The van der Waals surface area contributed by atoms with E-state index in [4.69, 9.17) is 15.2 Å². The number of aliphatic hydroxyl groups excluding tert-OH is 2. The normalized spacial score (nSPS) is 29.8. The molecule has 170 valence electrons. The fourth-order valence-corrected chi connectivity index (χ4v) is 4.23. The number of amidine groups is 1. The minimum atomic E-state index is -1.87. The monoisotopic (exact) mass is 433 g/mol. The Hall–Kier alpha value is -2.61. The van der Waals surface area contributed by atoms with Gasteiger partial charge in [0.15, 0.2) is 0 Å². The summed E-state index contributed by atoms with van der Waals surface area (Å²) >= 11 is 0. The molecule has 0 aliphatic carbocycles. The fourth-order valence-electron chi connectivity index (χ4n) is 4.23. The minimum absolute atomic E-state index is 0.218. The number of carbonyl (C=O) groups is 1. The van der Waals surface area contributed by atoms with Crippen molar-refractivity contribution in [2.75, 3.05) is 12.0 Å². The highest BCUT2D eigenvalue weighted by molar-refractivity contribution is 5.97. The van der Waals surface area contributed by atoms with E-state index < -0.39 is 23.9 Å². The van der Waals surface area contributed by atoms with Crippen molar-refractivity contribution < 1.29 is 24.5 Å². The average molecular weight is 434 g/mol. The number of hydrogen-bond acceptors (Lipinski definition) is 9. The SMILES string of the molecule is CCCC(CCC)C(=O)OC[C@H]1O[C@@](C#N)(c2ccc3n2NC(C)N=C3N)[C@H](O)[C@@H]1O. The number of nitrogens with zero attached hydrogens (tertiary/aromatic N) is 3. The first-order chi connectivity index (χ1) is 14.8. The Bertz CT molecular complexity index is 872. The number of nitriles is 1. The number of rotatable bonds is 8. The summed E-state index contributed by atoms with van der Waals surface area (Å²) in [5.41, 5.74) is 7.97. The van der Waals surface area contributed by atoms with Gasteiger partial charge in [-0.1, -0.05) is 26.7 Å². The number of carbonyl (C=O) groups excluding carboxylic acids is 1. The molecule has 5 N–H and O–H groups in total. The summed E-state index contributed by atoms with van der Waals surface area (Å²) in [6.45, 7) is 5.53. The Labute approximate surface area is 181 Å². The van der Waals surface area contributed by atoms with Crippen molar-refractivity contribution in [3.05, 3.63) is 23.5 Å². The minimum Gasteiger partial charge on any atom is -0.463 e. The van der Waals surface area contributed by atoms with E-state index in [-0.39, 0.29) is 36.2 Å². The quantitative estimate of drug-likeness (QED) is 0.437. The second-order valence-electron chi connectivity index (χ2n) is 8.10. The highest BCUT2D eigenvalue weighted by atomic mass is 16.6. The molecule has 0 aromatic carbocycles. The van der Waals surface area contributed by atoms with Gasteiger partial charge in [-0.15, -0.1) is 0 Å². The standard InChI is InChI=1S/C21H31N5O5/c1-4-6-13(7-5-2)20(29)30-10-15-17(27)18(28)21(11-22,31-15)16-9-8-14-19(23)24-12(3)25-26(14)16/h8-9,12-13,15,17-18,25,27-28H,4-7,10H2,1-3H3,(H2,23,24)/t12?,15-,17-,18-,21+/m1/s1. The maximum absolute atomic E-state index is 12.5. The summed E-state index contributed by atoms with van der Waals surface area (Å²) in [7, 11) is 0. The largest absolute Gasteiger partial charge is 0.463 e.